The third-order valence-electron chi connectivity index (χ3n) is 3.58. The fraction of sp³-hybridized carbons (Fsp3) is 0.500. The maximum Gasteiger partial charge on any atom is 0.227 e. The average Bonchev–Trinajstić information content (AvgIpc) is 2.32. The molecule has 1 fully saturated rings. The molecule has 98 valence electrons. The number of likely N-dealkylation sites (N-methyl/N-ethyl adjacent to an activating group) is 1. The predicted molar refractivity (Wildman–Crippen MR) is 70.5 cm³/mol. The van der Waals surface area contributed by atoms with Gasteiger partial charge in [0.25, 0.3) is 0 Å². The highest BCUT2D eigenvalue weighted by molar-refractivity contribution is 5.79. The lowest BCUT2D eigenvalue weighted by molar-refractivity contribution is -0.133. The molecule has 0 radical (unpaired) electrons. The van der Waals surface area contributed by atoms with Gasteiger partial charge in [-0.05, 0) is 31.7 Å². The molecule has 1 atom stereocenters. The molecule has 1 aliphatic heterocycles. The molecule has 0 aliphatic carbocycles. The summed E-state index contributed by atoms with van der Waals surface area (Å²) in [5.74, 6) is 0.354. The number of hydrogen-bond donors (Lipinski definition) is 1. The predicted octanol–water partition coefficient (Wildman–Crippen LogP) is 1.10. The Kier molecular flexibility index (Phi) is 3.87. The first-order chi connectivity index (χ1) is 8.56. The molecular formula is C14H20N2O2. The average molecular weight is 248 g/mol. The molecule has 1 aromatic carbocycles. The van der Waals surface area contributed by atoms with Crippen molar-refractivity contribution >= 4 is 5.91 Å². The van der Waals surface area contributed by atoms with Crippen molar-refractivity contribution in [1.82, 2.24) is 9.80 Å². The van der Waals surface area contributed by atoms with Crippen LogP contribution in [0.5, 0.6) is 5.75 Å². The van der Waals surface area contributed by atoms with E-state index in [1.54, 1.807) is 18.2 Å². The lowest BCUT2D eigenvalue weighted by Crippen LogP contribution is -2.52. The first-order valence-electron chi connectivity index (χ1n) is 6.32. The molecule has 1 saturated heterocycles. The molecule has 1 amide bonds. The topological polar surface area (TPSA) is 43.8 Å². The molecule has 0 saturated carbocycles. The second-order valence-corrected chi connectivity index (χ2v) is 5.02. The summed E-state index contributed by atoms with van der Waals surface area (Å²) in [6, 6.07) is 7.32. The van der Waals surface area contributed by atoms with Crippen molar-refractivity contribution in [3.05, 3.63) is 29.8 Å². The maximum absolute atomic E-state index is 12.2. The number of carbonyl (C=O) groups is 1. The number of nitrogens with zero attached hydrogens (tertiary/aromatic N) is 2. The van der Waals surface area contributed by atoms with Crippen LogP contribution >= 0.6 is 0 Å². The molecule has 2 rings (SSSR count). The van der Waals surface area contributed by atoms with Crippen LogP contribution in [0.2, 0.25) is 0 Å². The summed E-state index contributed by atoms with van der Waals surface area (Å²) in [5.41, 5.74) is 0.867. The lowest BCUT2D eigenvalue weighted by atomic mass is 10.1. The highest BCUT2D eigenvalue weighted by atomic mass is 16.3. The van der Waals surface area contributed by atoms with Gasteiger partial charge < -0.3 is 14.9 Å². The molecule has 1 aliphatic rings. The second kappa shape index (κ2) is 5.40. The fourth-order valence-corrected chi connectivity index (χ4v) is 2.23. The van der Waals surface area contributed by atoms with Crippen molar-refractivity contribution in [2.45, 2.75) is 19.4 Å². The molecule has 4 nitrogen and oxygen atoms in total. The number of hydrogen-bond acceptors (Lipinski definition) is 3. The summed E-state index contributed by atoms with van der Waals surface area (Å²) in [4.78, 5) is 16.3. The standard InChI is InChI=1S/C14H20N2O2/c1-11-10-16(7-6-15(11)2)14(18)9-12-4-3-5-13(17)8-12/h3-5,8,11,17H,6-7,9-10H2,1-2H3. The highest BCUT2D eigenvalue weighted by Crippen LogP contribution is 2.14. The van der Waals surface area contributed by atoms with Crippen LogP contribution in [0.25, 0.3) is 0 Å². The molecule has 18 heavy (non-hydrogen) atoms. The van der Waals surface area contributed by atoms with Crippen molar-refractivity contribution < 1.29 is 9.90 Å². The van der Waals surface area contributed by atoms with Gasteiger partial charge in [-0.15, -0.1) is 0 Å². The number of rotatable bonds is 2. The Hall–Kier alpha value is -1.55. The van der Waals surface area contributed by atoms with Gasteiger partial charge in [0.2, 0.25) is 5.91 Å². The van der Waals surface area contributed by atoms with E-state index in [-0.39, 0.29) is 11.7 Å². The Morgan fingerprint density at radius 3 is 2.89 bits per heavy atom. The molecule has 1 aromatic rings. The van der Waals surface area contributed by atoms with E-state index in [9.17, 15) is 9.90 Å². The highest BCUT2D eigenvalue weighted by Gasteiger charge is 2.24. The maximum atomic E-state index is 12.2. The van der Waals surface area contributed by atoms with E-state index in [2.05, 4.69) is 18.9 Å². The van der Waals surface area contributed by atoms with E-state index in [0.29, 0.717) is 12.5 Å². The number of aromatic hydroxyl groups is 1. The summed E-state index contributed by atoms with van der Waals surface area (Å²) in [7, 11) is 2.09. The third kappa shape index (κ3) is 3.01. The molecule has 0 aromatic heterocycles. The number of benzene rings is 1. The summed E-state index contributed by atoms with van der Waals surface area (Å²) in [6.07, 6.45) is 0.366. The van der Waals surface area contributed by atoms with Gasteiger partial charge in [-0.25, -0.2) is 0 Å². The van der Waals surface area contributed by atoms with Crippen molar-refractivity contribution in [1.29, 1.82) is 0 Å². The van der Waals surface area contributed by atoms with E-state index >= 15 is 0 Å². The Labute approximate surface area is 108 Å². The Morgan fingerprint density at radius 2 is 2.22 bits per heavy atom. The number of phenols is 1. The lowest BCUT2D eigenvalue weighted by Gasteiger charge is -2.37. The second-order valence-electron chi connectivity index (χ2n) is 5.02. The van der Waals surface area contributed by atoms with Gasteiger partial charge in [-0.2, -0.15) is 0 Å². The number of amides is 1. The number of carbonyl (C=O) groups excluding carboxylic acids is 1. The van der Waals surface area contributed by atoms with Crippen LogP contribution in [-0.4, -0.2) is 53.5 Å². The van der Waals surface area contributed by atoms with Crippen molar-refractivity contribution in [3.63, 3.8) is 0 Å². The quantitative estimate of drug-likeness (QED) is 0.852. The van der Waals surface area contributed by atoms with Crippen LogP contribution in [0.3, 0.4) is 0 Å². The van der Waals surface area contributed by atoms with Gasteiger partial charge in [0.15, 0.2) is 0 Å². The van der Waals surface area contributed by atoms with Crippen LogP contribution in [0.15, 0.2) is 24.3 Å². The van der Waals surface area contributed by atoms with Gasteiger partial charge in [0, 0.05) is 25.7 Å². The molecule has 1 unspecified atom stereocenters. The van der Waals surface area contributed by atoms with Crippen molar-refractivity contribution in [3.8, 4) is 5.75 Å². The third-order valence-corrected chi connectivity index (χ3v) is 3.58. The largest absolute Gasteiger partial charge is 0.508 e. The molecule has 0 bridgehead atoms. The first kappa shape index (κ1) is 12.9. The van der Waals surface area contributed by atoms with E-state index in [0.717, 1.165) is 25.2 Å². The molecular weight excluding hydrogens is 228 g/mol. The van der Waals surface area contributed by atoms with Crippen molar-refractivity contribution in [2.75, 3.05) is 26.7 Å². The van der Waals surface area contributed by atoms with Crippen LogP contribution < -0.4 is 0 Å². The Balaban J connectivity index is 1.96. The summed E-state index contributed by atoms with van der Waals surface area (Å²) in [5, 5.41) is 9.38. The van der Waals surface area contributed by atoms with Gasteiger partial charge in [0.05, 0.1) is 6.42 Å². The van der Waals surface area contributed by atoms with Gasteiger partial charge in [-0.3, -0.25) is 4.79 Å². The van der Waals surface area contributed by atoms with E-state index < -0.39 is 0 Å². The van der Waals surface area contributed by atoms with Crippen LogP contribution in [0.1, 0.15) is 12.5 Å². The number of piperazine rings is 1. The summed E-state index contributed by atoms with van der Waals surface area (Å²) < 4.78 is 0. The van der Waals surface area contributed by atoms with Crippen LogP contribution in [0.4, 0.5) is 0 Å². The molecule has 0 spiro atoms. The van der Waals surface area contributed by atoms with Crippen LogP contribution in [-0.2, 0) is 11.2 Å². The van der Waals surface area contributed by atoms with Gasteiger partial charge in [-0.1, -0.05) is 12.1 Å². The van der Waals surface area contributed by atoms with E-state index in [1.807, 2.05) is 11.0 Å². The first-order valence-corrected chi connectivity index (χ1v) is 6.32. The minimum absolute atomic E-state index is 0.139. The zero-order chi connectivity index (χ0) is 13.1. The Bertz CT molecular complexity index is 434. The minimum atomic E-state index is 0.139. The Morgan fingerprint density at radius 1 is 1.44 bits per heavy atom. The summed E-state index contributed by atoms with van der Waals surface area (Å²) >= 11 is 0. The number of phenolic OH excluding ortho intramolecular Hbond substituents is 1. The zero-order valence-electron chi connectivity index (χ0n) is 11.0. The monoisotopic (exact) mass is 248 g/mol. The minimum Gasteiger partial charge on any atom is -0.508 e. The zero-order valence-corrected chi connectivity index (χ0v) is 11.0. The van der Waals surface area contributed by atoms with Crippen molar-refractivity contribution in [2.24, 2.45) is 0 Å². The molecule has 4 heteroatoms. The molecule has 1 heterocycles. The van der Waals surface area contributed by atoms with E-state index in [1.165, 1.54) is 0 Å². The fourth-order valence-electron chi connectivity index (χ4n) is 2.23. The normalized spacial score (nSPS) is 21.0. The summed E-state index contributed by atoms with van der Waals surface area (Å²) in [6.45, 7) is 4.63. The van der Waals surface area contributed by atoms with Crippen LogP contribution in [0, 0.1) is 0 Å². The SMILES string of the molecule is CC1CN(C(=O)Cc2cccc(O)c2)CCN1C. The van der Waals surface area contributed by atoms with Gasteiger partial charge >= 0.3 is 0 Å². The van der Waals surface area contributed by atoms with E-state index in [4.69, 9.17) is 0 Å². The molecule has 1 N–H and O–H groups in total. The smallest absolute Gasteiger partial charge is 0.227 e. The van der Waals surface area contributed by atoms with Gasteiger partial charge in [0.1, 0.15) is 5.75 Å².